The van der Waals surface area contributed by atoms with Crippen molar-refractivity contribution < 1.29 is 0 Å². The highest BCUT2D eigenvalue weighted by Crippen LogP contribution is 2.19. The Balaban J connectivity index is 2.14. The lowest BCUT2D eigenvalue weighted by Crippen LogP contribution is -2.39. The Morgan fingerprint density at radius 2 is 2.17 bits per heavy atom. The minimum Gasteiger partial charge on any atom is -0.385 e. The number of nitrogens with zero attached hydrogens (tertiary/aromatic N) is 2. The van der Waals surface area contributed by atoms with Crippen LogP contribution in [-0.2, 0) is 0 Å². The van der Waals surface area contributed by atoms with Crippen molar-refractivity contribution in [1.29, 1.82) is 0 Å². The predicted molar refractivity (Wildman–Crippen MR) is 79.4 cm³/mol. The summed E-state index contributed by atoms with van der Waals surface area (Å²) in [5, 5.41) is 9.20. The Kier molecular flexibility index (Phi) is 3.94. The maximum atomic E-state index is 5.97. The second kappa shape index (κ2) is 5.64. The third-order valence-electron chi connectivity index (χ3n) is 2.62. The molecule has 0 saturated carbocycles. The number of hydrazone groups is 1. The molecular weight excluding hydrogens is 244 g/mol. The van der Waals surface area contributed by atoms with Crippen LogP contribution in [0.25, 0.3) is 0 Å². The number of amidine groups is 1. The van der Waals surface area contributed by atoms with Crippen LogP contribution in [0.5, 0.6) is 0 Å². The average Bonchev–Trinajstić information content (AvgIpc) is 2.40. The molecule has 2 rings (SSSR count). The van der Waals surface area contributed by atoms with Gasteiger partial charge in [-0.3, -0.25) is 0 Å². The molecule has 1 unspecified atom stereocenters. The van der Waals surface area contributed by atoms with Crippen LogP contribution >= 0.6 is 12.2 Å². The molecule has 0 spiro atoms. The molecule has 1 aliphatic heterocycles. The molecule has 1 atom stereocenters. The maximum Gasteiger partial charge on any atom is 0.134 e. The standard InChI is InChI=1S/C13H16N4S/c1-2-15-13(18)11-8-9-17(16-12(11)14)10-6-4-3-5-7-10/h3-9,11H,2H2,1H3,(H2,14,16)(H,15,18). The van der Waals surface area contributed by atoms with E-state index < -0.39 is 0 Å². The van der Waals surface area contributed by atoms with E-state index >= 15 is 0 Å². The quantitative estimate of drug-likeness (QED) is 0.814. The molecule has 94 valence electrons. The van der Waals surface area contributed by atoms with Crippen LogP contribution in [0.3, 0.4) is 0 Å². The van der Waals surface area contributed by atoms with Crippen molar-refractivity contribution in [2.45, 2.75) is 6.92 Å². The lowest BCUT2D eigenvalue weighted by atomic mass is 10.1. The van der Waals surface area contributed by atoms with E-state index in [1.54, 1.807) is 5.01 Å². The van der Waals surface area contributed by atoms with Gasteiger partial charge < -0.3 is 11.1 Å². The predicted octanol–water partition coefficient (Wildman–Crippen LogP) is 1.85. The molecule has 4 nitrogen and oxygen atoms in total. The van der Waals surface area contributed by atoms with Crippen molar-refractivity contribution in [3.63, 3.8) is 0 Å². The van der Waals surface area contributed by atoms with Crippen molar-refractivity contribution in [2.24, 2.45) is 16.8 Å². The highest BCUT2D eigenvalue weighted by atomic mass is 32.1. The fourth-order valence-electron chi connectivity index (χ4n) is 1.72. The van der Waals surface area contributed by atoms with E-state index in [1.807, 2.05) is 49.5 Å². The Labute approximate surface area is 112 Å². The zero-order valence-electron chi connectivity index (χ0n) is 10.2. The first-order valence-corrected chi connectivity index (χ1v) is 6.27. The minimum absolute atomic E-state index is 0.111. The molecular formula is C13H16N4S. The first-order valence-electron chi connectivity index (χ1n) is 5.86. The highest BCUT2D eigenvalue weighted by Gasteiger charge is 2.20. The number of hydrogen-bond acceptors (Lipinski definition) is 4. The van der Waals surface area contributed by atoms with Gasteiger partial charge in [-0.05, 0) is 25.1 Å². The fraction of sp³-hybridized carbons (Fsp3) is 0.231. The van der Waals surface area contributed by atoms with E-state index in [0.29, 0.717) is 10.8 Å². The molecule has 0 bridgehead atoms. The fourth-order valence-corrected chi connectivity index (χ4v) is 2.06. The number of nitrogens with two attached hydrogens (primary N) is 1. The van der Waals surface area contributed by atoms with Crippen LogP contribution in [0.4, 0.5) is 5.69 Å². The lowest BCUT2D eigenvalue weighted by molar-refractivity contribution is 0.913. The van der Waals surface area contributed by atoms with Crippen molar-refractivity contribution in [3.8, 4) is 0 Å². The first-order chi connectivity index (χ1) is 8.72. The van der Waals surface area contributed by atoms with Gasteiger partial charge >= 0.3 is 0 Å². The number of hydrogen-bond donors (Lipinski definition) is 2. The molecule has 0 amide bonds. The largest absolute Gasteiger partial charge is 0.385 e. The maximum absolute atomic E-state index is 5.97. The summed E-state index contributed by atoms with van der Waals surface area (Å²) in [5.74, 6) is 0.396. The first kappa shape index (κ1) is 12.6. The summed E-state index contributed by atoms with van der Waals surface area (Å²) in [6, 6.07) is 9.84. The molecule has 1 aromatic rings. The second-order valence-corrected chi connectivity index (χ2v) is 4.36. The number of anilines is 1. The third-order valence-corrected chi connectivity index (χ3v) is 3.01. The van der Waals surface area contributed by atoms with Crippen molar-refractivity contribution in [1.82, 2.24) is 5.32 Å². The van der Waals surface area contributed by atoms with E-state index in [2.05, 4.69) is 10.4 Å². The average molecular weight is 260 g/mol. The van der Waals surface area contributed by atoms with Crippen LogP contribution < -0.4 is 16.1 Å². The molecule has 1 heterocycles. The Hall–Kier alpha value is -1.88. The molecule has 0 fully saturated rings. The summed E-state index contributed by atoms with van der Waals surface area (Å²) >= 11 is 5.26. The molecule has 18 heavy (non-hydrogen) atoms. The summed E-state index contributed by atoms with van der Waals surface area (Å²) in [6.07, 6.45) is 3.85. The van der Waals surface area contributed by atoms with Crippen molar-refractivity contribution in [2.75, 3.05) is 11.6 Å². The molecule has 0 saturated heterocycles. The Morgan fingerprint density at radius 1 is 1.44 bits per heavy atom. The van der Waals surface area contributed by atoms with Crippen molar-refractivity contribution >= 4 is 28.7 Å². The SMILES string of the molecule is CCNC(=S)C1C=CN(c2ccccc2)N=C1N. The van der Waals surface area contributed by atoms with Crippen LogP contribution in [0.1, 0.15) is 6.92 Å². The summed E-state index contributed by atoms with van der Waals surface area (Å²) in [4.78, 5) is 0.711. The van der Waals surface area contributed by atoms with Crippen molar-refractivity contribution in [3.05, 3.63) is 42.6 Å². The minimum atomic E-state index is -0.111. The molecule has 5 heteroatoms. The smallest absolute Gasteiger partial charge is 0.134 e. The molecule has 0 aromatic heterocycles. The van der Waals surface area contributed by atoms with Crippen LogP contribution in [0, 0.1) is 5.92 Å². The van der Waals surface area contributed by atoms with E-state index in [4.69, 9.17) is 18.0 Å². The summed E-state index contributed by atoms with van der Waals surface area (Å²) < 4.78 is 0. The number of nitrogens with one attached hydrogen (secondary N) is 1. The lowest BCUT2D eigenvalue weighted by Gasteiger charge is -2.24. The van der Waals surface area contributed by atoms with Gasteiger partial charge in [0.1, 0.15) is 5.84 Å². The number of para-hydroxylation sites is 1. The third kappa shape index (κ3) is 2.68. The number of thiocarbonyl (C=S) groups is 1. The van der Waals surface area contributed by atoms with Gasteiger partial charge in [0, 0.05) is 12.7 Å². The summed E-state index contributed by atoms with van der Waals surface area (Å²) in [5.41, 5.74) is 6.94. The summed E-state index contributed by atoms with van der Waals surface area (Å²) in [7, 11) is 0. The van der Waals surface area contributed by atoms with Gasteiger partial charge in [0.05, 0.1) is 16.6 Å². The molecule has 3 N–H and O–H groups in total. The summed E-state index contributed by atoms with van der Waals surface area (Å²) in [6.45, 7) is 2.79. The molecule has 0 radical (unpaired) electrons. The Bertz CT molecular complexity index is 481. The van der Waals surface area contributed by atoms with Gasteiger partial charge in [-0.2, -0.15) is 5.10 Å². The number of benzene rings is 1. The van der Waals surface area contributed by atoms with E-state index in [0.717, 1.165) is 12.2 Å². The van der Waals surface area contributed by atoms with E-state index in [1.165, 1.54) is 0 Å². The van der Waals surface area contributed by atoms with E-state index in [-0.39, 0.29) is 5.92 Å². The highest BCUT2D eigenvalue weighted by molar-refractivity contribution is 7.80. The van der Waals surface area contributed by atoms with Crippen LogP contribution in [0.2, 0.25) is 0 Å². The normalized spacial score (nSPS) is 18.4. The van der Waals surface area contributed by atoms with Crippen LogP contribution in [0.15, 0.2) is 47.7 Å². The molecule has 1 aromatic carbocycles. The zero-order valence-corrected chi connectivity index (χ0v) is 11.0. The van der Waals surface area contributed by atoms with Gasteiger partial charge in [-0.25, -0.2) is 5.01 Å². The van der Waals surface area contributed by atoms with Gasteiger partial charge in [0.25, 0.3) is 0 Å². The van der Waals surface area contributed by atoms with Gasteiger partial charge in [0.2, 0.25) is 0 Å². The van der Waals surface area contributed by atoms with E-state index in [9.17, 15) is 0 Å². The zero-order chi connectivity index (χ0) is 13.0. The second-order valence-electron chi connectivity index (χ2n) is 3.92. The Morgan fingerprint density at radius 3 is 2.78 bits per heavy atom. The van der Waals surface area contributed by atoms with Gasteiger partial charge in [-0.1, -0.05) is 30.4 Å². The van der Waals surface area contributed by atoms with Gasteiger partial charge in [-0.15, -0.1) is 0 Å². The van der Waals surface area contributed by atoms with Gasteiger partial charge in [0.15, 0.2) is 0 Å². The molecule has 1 aliphatic rings. The molecule has 0 aliphatic carbocycles. The topological polar surface area (TPSA) is 53.6 Å². The monoisotopic (exact) mass is 260 g/mol. The number of rotatable bonds is 3. The van der Waals surface area contributed by atoms with Crippen LogP contribution in [-0.4, -0.2) is 17.4 Å².